The van der Waals surface area contributed by atoms with Crippen molar-refractivity contribution in [1.29, 1.82) is 0 Å². The van der Waals surface area contributed by atoms with Gasteiger partial charge >= 0.3 is 0 Å². The fourth-order valence-corrected chi connectivity index (χ4v) is 4.31. The van der Waals surface area contributed by atoms with Crippen LogP contribution in [0.2, 0.25) is 0 Å². The first-order valence-corrected chi connectivity index (χ1v) is 13.1. The Morgan fingerprint density at radius 3 is 2.37 bits per heavy atom. The average molecular weight is 484 g/mol. The van der Waals surface area contributed by atoms with Crippen molar-refractivity contribution in [3.05, 3.63) is 60.1 Å². The molecule has 0 unspecified atom stereocenters. The lowest BCUT2D eigenvalue weighted by Gasteiger charge is -2.31. The summed E-state index contributed by atoms with van der Waals surface area (Å²) in [5, 5.41) is 0. The van der Waals surface area contributed by atoms with Gasteiger partial charge in [-0.2, -0.15) is 0 Å². The van der Waals surface area contributed by atoms with Crippen LogP contribution in [0.5, 0.6) is 0 Å². The average Bonchev–Trinajstić information content (AvgIpc) is 3.40. The van der Waals surface area contributed by atoms with Crippen LogP contribution in [-0.2, 0) is 27.4 Å². The van der Waals surface area contributed by atoms with Crippen molar-refractivity contribution in [3.8, 4) is 0 Å². The fraction of sp³-hybridized carbons (Fsp3) is 0.571. The van der Waals surface area contributed by atoms with E-state index >= 15 is 0 Å². The Morgan fingerprint density at radius 2 is 1.66 bits per heavy atom. The van der Waals surface area contributed by atoms with Gasteiger partial charge in [0.15, 0.2) is 0 Å². The molecule has 0 spiro atoms. The van der Waals surface area contributed by atoms with Gasteiger partial charge in [0.2, 0.25) is 11.8 Å². The summed E-state index contributed by atoms with van der Waals surface area (Å²) in [6.45, 7) is 7.62. The van der Waals surface area contributed by atoms with Gasteiger partial charge in [-0.3, -0.25) is 14.5 Å². The molecule has 2 amide bonds. The van der Waals surface area contributed by atoms with Gasteiger partial charge in [-0.05, 0) is 24.1 Å². The third-order valence-corrected chi connectivity index (χ3v) is 6.46. The van der Waals surface area contributed by atoms with Crippen molar-refractivity contribution in [2.75, 3.05) is 45.9 Å². The lowest BCUT2D eigenvalue weighted by Crippen LogP contribution is -2.47. The summed E-state index contributed by atoms with van der Waals surface area (Å²) in [7, 11) is 0. The molecule has 7 nitrogen and oxygen atoms in total. The SMILES string of the molecule is CCCCCCCC(=O)N(CCN1CCOCC1)CC(=O)N(Cc1ccccc1)Cc1ccco1. The quantitative estimate of drug-likeness (QED) is 0.353. The Bertz CT molecular complexity index is 850. The van der Waals surface area contributed by atoms with E-state index in [4.69, 9.17) is 9.15 Å². The predicted molar refractivity (Wildman–Crippen MR) is 137 cm³/mol. The van der Waals surface area contributed by atoms with E-state index in [-0.39, 0.29) is 18.4 Å². The van der Waals surface area contributed by atoms with Crippen molar-refractivity contribution in [1.82, 2.24) is 14.7 Å². The van der Waals surface area contributed by atoms with Crippen molar-refractivity contribution in [3.63, 3.8) is 0 Å². The molecule has 192 valence electrons. The second-order valence-corrected chi connectivity index (χ2v) is 9.25. The van der Waals surface area contributed by atoms with E-state index in [1.165, 1.54) is 12.8 Å². The first-order chi connectivity index (χ1) is 17.2. The zero-order chi connectivity index (χ0) is 24.7. The topological polar surface area (TPSA) is 66.2 Å². The Kier molecular flexibility index (Phi) is 11.8. The summed E-state index contributed by atoms with van der Waals surface area (Å²) < 4.78 is 11.0. The number of hydrogen-bond acceptors (Lipinski definition) is 5. The molecule has 1 saturated heterocycles. The van der Waals surface area contributed by atoms with Gasteiger partial charge in [0.1, 0.15) is 5.76 Å². The molecule has 1 fully saturated rings. The molecule has 35 heavy (non-hydrogen) atoms. The highest BCUT2D eigenvalue weighted by molar-refractivity contribution is 5.84. The van der Waals surface area contributed by atoms with Gasteiger partial charge < -0.3 is 19.0 Å². The number of unbranched alkanes of at least 4 members (excludes halogenated alkanes) is 4. The van der Waals surface area contributed by atoms with E-state index in [2.05, 4.69) is 11.8 Å². The fourth-order valence-electron chi connectivity index (χ4n) is 4.31. The summed E-state index contributed by atoms with van der Waals surface area (Å²) in [6, 6.07) is 13.7. The van der Waals surface area contributed by atoms with Crippen LogP contribution in [0.1, 0.15) is 56.8 Å². The lowest BCUT2D eigenvalue weighted by atomic mass is 10.1. The molecular weight excluding hydrogens is 442 g/mol. The monoisotopic (exact) mass is 483 g/mol. The third kappa shape index (κ3) is 9.86. The molecule has 0 radical (unpaired) electrons. The number of nitrogens with zero attached hydrogens (tertiary/aromatic N) is 3. The Morgan fingerprint density at radius 1 is 0.886 bits per heavy atom. The van der Waals surface area contributed by atoms with E-state index in [1.807, 2.05) is 42.5 Å². The van der Waals surface area contributed by atoms with Crippen molar-refractivity contribution < 1.29 is 18.7 Å². The number of carbonyl (C=O) groups is 2. The molecule has 0 bridgehead atoms. The molecule has 1 aromatic carbocycles. The van der Waals surface area contributed by atoms with Crippen LogP contribution in [0, 0.1) is 0 Å². The molecule has 0 aliphatic carbocycles. The maximum Gasteiger partial charge on any atom is 0.242 e. The molecule has 7 heteroatoms. The molecule has 0 N–H and O–H groups in total. The summed E-state index contributed by atoms with van der Waals surface area (Å²) in [4.78, 5) is 32.5. The smallest absolute Gasteiger partial charge is 0.242 e. The second-order valence-electron chi connectivity index (χ2n) is 9.25. The Labute approximate surface area is 210 Å². The zero-order valence-corrected chi connectivity index (χ0v) is 21.2. The second kappa shape index (κ2) is 15.4. The molecule has 3 rings (SSSR count). The largest absolute Gasteiger partial charge is 0.467 e. The minimum atomic E-state index is -0.0634. The number of hydrogen-bond donors (Lipinski definition) is 0. The lowest BCUT2D eigenvalue weighted by molar-refractivity contribution is -0.141. The van der Waals surface area contributed by atoms with Gasteiger partial charge in [-0.1, -0.05) is 62.9 Å². The highest BCUT2D eigenvalue weighted by Crippen LogP contribution is 2.13. The van der Waals surface area contributed by atoms with Crippen LogP contribution < -0.4 is 0 Å². The molecule has 2 heterocycles. The Balaban J connectivity index is 1.64. The standard InChI is InChI=1S/C28H41N3O4/c1-2-3-4-5-9-14-27(32)30(16-15-29-17-20-34-21-18-29)24-28(33)31(23-26-13-10-19-35-26)22-25-11-7-6-8-12-25/h6-8,10-13,19H,2-5,9,14-18,20-24H2,1H3. The number of benzene rings is 1. The number of carbonyl (C=O) groups excluding carboxylic acids is 2. The predicted octanol–water partition coefficient (Wildman–Crippen LogP) is 4.33. The van der Waals surface area contributed by atoms with E-state index in [9.17, 15) is 9.59 Å². The van der Waals surface area contributed by atoms with E-state index in [0.717, 1.165) is 63.4 Å². The van der Waals surface area contributed by atoms with Gasteiger partial charge in [-0.15, -0.1) is 0 Å². The molecule has 1 aromatic heterocycles. The van der Waals surface area contributed by atoms with Gasteiger partial charge in [0.05, 0.1) is 32.6 Å². The zero-order valence-electron chi connectivity index (χ0n) is 21.2. The first-order valence-electron chi connectivity index (χ1n) is 13.1. The molecule has 1 aliphatic rings. The normalized spacial score (nSPS) is 14.1. The molecule has 2 aromatic rings. The van der Waals surface area contributed by atoms with E-state index in [0.29, 0.717) is 26.1 Å². The molecule has 0 atom stereocenters. The summed E-state index contributed by atoms with van der Waals surface area (Å²) in [5.74, 6) is 0.740. The summed E-state index contributed by atoms with van der Waals surface area (Å²) in [5.41, 5.74) is 1.05. The van der Waals surface area contributed by atoms with Crippen molar-refractivity contribution in [2.24, 2.45) is 0 Å². The van der Waals surface area contributed by atoms with Crippen LogP contribution >= 0.6 is 0 Å². The molecular formula is C28H41N3O4. The van der Waals surface area contributed by atoms with Gasteiger partial charge in [0, 0.05) is 39.1 Å². The van der Waals surface area contributed by atoms with Crippen LogP contribution in [0.15, 0.2) is 53.1 Å². The van der Waals surface area contributed by atoms with E-state index < -0.39 is 0 Å². The Hall–Kier alpha value is -2.64. The number of rotatable bonds is 15. The molecule has 0 saturated carbocycles. The first kappa shape index (κ1) is 27.0. The highest BCUT2D eigenvalue weighted by atomic mass is 16.5. The highest BCUT2D eigenvalue weighted by Gasteiger charge is 2.23. The van der Waals surface area contributed by atoms with Crippen LogP contribution in [0.25, 0.3) is 0 Å². The third-order valence-electron chi connectivity index (χ3n) is 6.46. The van der Waals surface area contributed by atoms with Crippen LogP contribution in [0.3, 0.4) is 0 Å². The number of furan rings is 1. The van der Waals surface area contributed by atoms with Gasteiger partial charge in [-0.25, -0.2) is 0 Å². The minimum Gasteiger partial charge on any atom is -0.467 e. The van der Waals surface area contributed by atoms with Gasteiger partial charge in [0.25, 0.3) is 0 Å². The number of amides is 2. The van der Waals surface area contributed by atoms with Crippen LogP contribution in [-0.4, -0.2) is 72.5 Å². The van der Waals surface area contributed by atoms with Crippen molar-refractivity contribution in [2.45, 2.75) is 58.5 Å². The molecule has 1 aliphatic heterocycles. The summed E-state index contributed by atoms with van der Waals surface area (Å²) >= 11 is 0. The summed E-state index contributed by atoms with van der Waals surface area (Å²) in [6.07, 6.45) is 7.60. The van der Waals surface area contributed by atoms with E-state index in [1.54, 1.807) is 16.1 Å². The number of morpholine rings is 1. The van der Waals surface area contributed by atoms with Crippen LogP contribution in [0.4, 0.5) is 0 Å². The minimum absolute atomic E-state index is 0.0634. The maximum atomic E-state index is 13.5. The maximum absolute atomic E-state index is 13.5. The van der Waals surface area contributed by atoms with Crippen molar-refractivity contribution >= 4 is 11.8 Å². The number of ether oxygens (including phenoxy) is 1.